The summed E-state index contributed by atoms with van der Waals surface area (Å²) in [5.41, 5.74) is 0.684. The lowest BCUT2D eigenvalue weighted by Crippen LogP contribution is -2.18. The van der Waals surface area contributed by atoms with Crippen molar-refractivity contribution < 1.29 is 14.6 Å². The van der Waals surface area contributed by atoms with E-state index in [1.807, 2.05) is 0 Å². The summed E-state index contributed by atoms with van der Waals surface area (Å²) in [6.07, 6.45) is 3.37. The van der Waals surface area contributed by atoms with E-state index in [0.29, 0.717) is 16.1 Å². The molecule has 0 unspecified atom stereocenters. The SMILES string of the molecule is Cc1nc(SC2CCOCC2)ncc1C(=O)O. The lowest BCUT2D eigenvalue weighted by molar-refractivity contribution is 0.0695. The summed E-state index contributed by atoms with van der Waals surface area (Å²) >= 11 is 1.60. The molecule has 0 radical (unpaired) electrons. The van der Waals surface area contributed by atoms with Gasteiger partial charge in [-0.3, -0.25) is 0 Å². The monoisotopic (exact) mass is 254 g/mol. The van der Waals surface area contributed by atoms with E-state index < -0.39 is 5.97 Å². The van der Waals surface area contributed by atoms with Crippen molar-refractivity contribution in [3.8, 4) is 0 Å². The van der Waals surface area contributed by atoms with E-state index in [0.717, 1.165) is 26.1 Å². The molecule has 1 N–H and O–H groups in total. The number of carboxylic acid groups (broad SMARTS) is 1. The summed E-state index contributed by atoms with van der Waals surface area (Å²) in [7, 11) is 0. The average Bonchev–Trinajstić information content (AvgIpc) is 2.30. The fourth-order valence-corrected chi connectivity index (χ4v) is 2.68. The molecule has 0 aromatic carbocycles. The van der Waals surface area contributed by atoms with Gasteiger partial charge in [-0.25, -0.2) is 14.8 Å². The fraction of sp³-hybridized carbons (Fsp3) is 0.545. The molecule has 1 aromatic rings. The van der Waals surface area contributed by atoms with Crippen LogP contribution in [0.1, 0.15) is 28.9 Å². The van der Waals surface area contributed by atoms with Gasteiger partial charge in [0.2, 0.25) is 0 Å². The topological polar surface area (TPSA) is 72.3 Å². The molecular formula is C11H14N2O3S. The number of ether oxygens (including phenoxy) is 1. The first-order chi connectivity index (χ1) is 8.16. The number of rotatable bonds is 3. The highest BCUT2D eigenvalue weighted by atomic mass is 32.2. The van der Waals surface area contributed by atoms with Crippen molar-refractivity contribution in [2.45, 2.75) is 30.2 Å². The molecule has 2 rings (SSSR count). The van der Waals surface area contributed by atoms with Gasteiger partial charge in [-0.1, -0.05) is 11.8 Å². The molecule has 1 saturated heterocycles. The van der Waals surface area contributed by atoms with E-state index >= 15 is 0 Å². The van der Waals surface area contributed by atoms with E-state index in [4.69, 9.17) is 9.84 Å². The Morgan fingerprint density at radius 3 is 2.82 bits per heavy atom. The molecule has 0 spiro atoms. The summed E-state index contributed by atoms with van der Waals surface area (Å²) in [5.74, 6) is -0.981. The zero-order valence-corrected chi connectivity index (χ0v) is 10.4. The molecule has 1 aromatic heterocycles. The number of carboxylic acids is 1. The van der Waals surface area contributed by atoms with Gasteiger partial charge >= 0.3 is 5.97 Å². The van der Waals surface area contributed by atoms with Crippen molar-refractivity contribution in [1.82, 2.24) is 9.97 Å². The summed E-state index contributed by atoms with van der Waals surface area (Å²) < 4.78 is 5.28. The van der Waals surface area contributed by atoms with Crippen molar-refractivity contribution in [2.75, 3.05) is 13.2 Å². The second kappa shape index (κ2) is 5.46. The summed E-state index contributed by atoms with van der Waals surface area (Å²) in [6, 6.07) is 0. The van der Waals surface area contributed by atoms with Crippen LogP contribution in [0.15, 0.2) is 11.4 Å². The van der Waals surface area contributed by atoms with Crippen LogP contribution in [0.4, 0.5) is 0 Å². The molecule has 1 fully saturated rings. The molecule has 2 heterocycles. The number of hydrogen-bond acceptors (Lipinski definition) is 5. The highest BCUT2D eigenvalue weighted by Crippen LogP contribution is 2.27. The molecule has 0 bridgehead atoms. The average molecular weight is 254 g/mol. The van der Waals surface area contributed by atoms with E-state index in [2.05, 4.69) is 9.97 Å². The van der Waals surface area contributed by atoms with Gasteiger partial charge in [-0.05, 0) is 19.8 Å². The molecular weight excluding hydrogens is 240 g/mol. The molecule has 0 amide bonds. The Morgan fingerprint density at radius 1 is 1.53 bits per heavy atom. The molecule has 1 aliphatic rings. The second-order valence-corrected chi connectivity index (χ2v) is 5.15. The first kappa shape index (κ1) is 12.3. The highest BCUT2D eigenvalue weighted by Gasteiger charge is 2.17. The standard InChI is InChI=1S/C11H14N2O3S/c1-7-9(10(14)15)6-12-11(13-7)17-8-2-4-16-5-3-8/h6,8H,2-5H2,1H3,(H,14,15). The molecule has 6 heteroatoms. The van der Waals surface area contributed by atoms with Crippen LogP contribution in [0.25, 0.3) is 0 Å². The maximum absolute atomic E-state index is 10.8. The van der Waals surface area contributed by atoms with E-state index in [9.17, 15) is 4.79 Å². The number of nitrogens with zero attached hydrogens (tertiary/aromatic N) is 2. The molecule has 5 nitrogen and oxygen atoms in total. The summed E-state index contributed by atoms with van der Waals surface area (Å²) in [5, 5.41) is 10.00. The first-order valence-corrected chi connectivity index (χ1v) is 6.36. The van der Waals surface area contributed by atoms with Gasteiger partial charge in [0.25, 0.3) is 0 Å². The van der Waals surface area contributed by atoms with Crippen molar-refractivity contribution in [1.29, 1.82) is 0 Å². The third-order valence-electron chi connectivity index (χ3n) is 2.63. The molecule has 17 heavy (non-hydrogen) atoms. The van der Waals surface area contributed by atoms with Crippen LogP contribution < -0.4 is 0 Å². The fourth-order valence-electron chi connectivity index (χ4n) is 1.66. The second-order valence-electron chi connectivity index (χ2n) is 3.89. The van der Waals surface area contributed by atoms with Crippen molar-refractivity contribution in [3.63, 3.8) is 0 Å². The highest BCUT2D eigenvalue weighted by molar-refractivity contribution is 7.99. The minimum atomic E-state index is -0.981. The number of hydrogen-bond donors (Lipinski definition) is 1. The predicted octanol–water partition coefficient (Wildman–Crippen LogP) is 1.75. The third kappa shape index (κ3) is 3.17. The Morgan fingerprint density at radius 2 is 2.24 bits per heavy atom. The molecule has 92 valence electrons. The number of aryl methyl sites for hydroxylation is 1. The first-order valence-electron chi connectivity index (χ1n) is 5.48. The molecule has 0 atom stereocenters. The van der Waals surface area contributed by atoms with Gasteiger partial charge in [0, 0.05) is 24.7 Å². The summed E-state index contributed by atoms with van der Waals surface area (Å²) in [6.45, 7) is 3.26. The number of thioether (sulfide) groups is 1. The van der Waals surface area contributed by atoms with E-state index in [-0.39, 0.29) is 5.56 Å². The van der Waals surface area contributed by atoms with Crippen LogP contribution >= 0.6 is 11.8 Å². The van der Waals surface area contributed by atoms with Gasteiger partial charge in [0.05, 0.1) is 11.3 Å². The predicted molar refractivity (Wildman–Crippen MR) is 63.4 cm³/mol. The van der Waals surface area contributed by atoms with Gasteiger partial charge in [0.15, 0.2) is 5.16 Å². The largest absolute Gasteiger partial charge is 0.478 e. The maximum Gasteiger partial charge on any atom is 0.339 e. The number of carbonyl (C=O) groups is 1. The van der Waals surface area contributed by atoms with Crippen molar-refractivity contribution in [2.24, 2.45) is 0 Å². The lowest BCUT2D eigenvalue weighted by atomic mass is 10.2. The quantitative estimate of drug-likeness (QED) is 0.828. The van der Waals surface area contributed by atoms with Crippen molar-refractivity contribution in [3.05, 3.63) is 17.5 Å². The number of aromatic nitrogens is 2. The number of aromatic carboxylic acids is 1. The minimum absolute atomic E-state index is 0.168. The van der Waals surface area contributed by atoms with Gasteiger partial charge in [0.1, 0.15) is 0 Å². The maximum atomic E-state index is 10.8. The van der Waals surface area contributed by atoms with Crippen LogP contribution in [0.2, 0.25) is 0 Å². The van der Waals surface area contributed by atoms with Gasteiger partial charge < -0.3 is 9.84 Å². The van der Waals surface area contributed by atoms with E-state index in [1.54, 1.807) is 18.7 Å². The third-order valence-corrected chi connectivity index (χ3v) is 3.84. The van der Waals surface area contributed by atoms with E-state index in [1.165, 1.54) is 6.20 Å². The Hall–Kier alpha value is -1.14. The van der Waals surface area contributed by atoms with Gasteiger partial charge in [-0.15, -0.1) is 0 Å². The molecule has 0 saturated carbocycles. The smallest absolute Gasteiger partial charge is 0.339 e. The molecule has 0 aliphatic carbocycles. The van der Waals surface area contributed by atoms with Crippen LogP contribution in [0, 0.1) is 6.92 Å². The van der Waals surface area contributed by atoms with Crippen LogP contribution in [-0.4, -0.2) is 39.5 Å². The van der Waals surface area contributed by atoms with Crippen LogP contribution in [0.3, 0.4) is 0 Å². The van der Waals surface area contributed by atoms with Gasteiger partial charge in [-0.2, -0.15) is 0 Å². The Labute approximate surface area is 104 Å². The lowest BCUT2D eigenvalue weighted by Gasteiger charge is -2.20. The zero-order valence-electron chi connectivity index (χ0n) is 9.55. The Balaban J connectivity index is 2.06. The normalized spacial score (nSPS) is 17.0. The summed E-state index contributed by atoms with van der Waals surface area (Å²) in [4.78, 5) is 19.1. The van der Waals surface area contributed by atoms with Crippen LogP contribution in [0.5, 0.6) is 0 Å². The Bertz CT molecular complexity index is 419. The minimum Gasteiger partial charge on any atom is -0.478 e. The zero-order chi connectivity index (χ0) is 12.3. The van der Waals surface area contributed by atoms with Crippen LogP contribution in [-0.2, 0) is 4.74 Å². The Kier molecular flexibility index (Phi) is 3.96. The molecule has 1 aliphatic heterocycles. The van der Waals surface area contributed by atoms with Crippen molar-refractivity contribution >= 4 is 17.7 Å².